The first-order valence-corrected chi connectivity index (χ1v) is 6.26. The summed E-state index contributed by atoms with van der Waals surface area (Å²) < 4.78 is 0. The summed E-state index contributed by atoms with van der Waals surface area (Å²) >= 11 is 0. The summed E-state index contributed by atoms with van der Waals surface area (Å²) in [5.41, 5.74) is -0.375. The highest BCUT2D eigenvalue weighted by atomic mass is 16.3. The number of likely N-dealkylation sites (tertiary alicyclic amines) is 1. The van der Waals surface area contributed by atoms with E-state index in [2.05, 4.69) is 11.8 Å². The van der Waals surface area contributed by atoms with Crippen LogP contribution in [0.4, 0.5) is 0 Å². The van der Waals surface area contributed by atoms with E-state index in [1.807, 2.05) is 0 Å². The molecule has 2 N–H and O–H groups in total. The largest absolute Gasteiger partial charge is 0.396 e. The molecule has 0 aliphatic carbocycles. The summed E-state index contributed by atoms with van der Waals surface area (Å²) in [6.45, 7) is 5.27. The SMILES string of the molecule is CCCC1(O)CN(CCCCCCO)C1. The van der Waals surface area contributed by atoms with Gasteiger partial charge in [-0.15, -0.1) is 0 Å². The van der Waals surface area contributed by atoms with Gasteiger partial charge in [-0.05, 0) is 25.8 Å². The third kappa shape index (κ3) is 4.49. The van der Waals surface area contributed by atoms with Gasteiger partial charge in [0.2, 0.25) is 0 Å². The van der Waals surface area contributed by atoms with Crippen molar-refractivity contribution in [3.63, 3.8) is 0 Å². The first-order valence-electron chi connectivity index (χ1n) is 6.26. The van der Waals surface area contributed by atoms with Crippen LogP contribution in [0.3, 0.4) is 0 Å². The van der Waals surface area contributed by atoms with Crippen molar-refractivity contribution in [1.82, 2.24) is 4.90 Å². The van der Waals surface area contributed by atoms with Crippen molar-refractivity contribution in [2.75, 3.05) is 26.2 Å². The van der Waals surface area contributed by atoms with E-state index >= 15 is 0 Å². The molecule has 0 bridgehead atoms. The average Bonchev–Trinajstić information content (AvgIpc) is 2.15. The van der Waals surface area contributed by atoms with Gasteiger partial charge in [-0.25, -0.2) is 0 Å². The molecule has 1 fully saturated rings. The number of unbranched alkanes of at least 4 members (excludes halogenated alkanes) is 3. The highest BCUT2D eigenvalue weighted by Gasteiger charge is 2.39. The summed E-state index contributed by atoms with van der Waals surface area (Å²) in [7, 11) is 0. The van der Waals surface area contributed by atoms with Crippen LogP contribution in [0.25, 0.3) is 0 Å². The smallest absolute Gasteiger partial charge is 0.0900 e. The van der Waals surface area contributed by atoms with E-state index in [1.54, 1.807) is 0 Å². The quantitative estimate of drug-likeness (QED) is 0.601. The Morgan fingerprint density at radius 2 is 1.80 bits per heavy atom. The second kappa shape index (κ2) is 6.46. The average molecular weight is 215 g/mol. The van der Waals surface area contributed by atoms with Crippen molar-refractivity contribution in [2.45, 2.75) is 51.0 Å². The molecule has 3 heteroatoms. The maximum Gasteiger partial charge on any atom is 0.0900 e. The Kier molecular flexibility index (Phi) is 5.58. The Balaban J connectivity index is 1.93. The Hall–Kier alpha value is -0.120. The Bertz CT molecular complexity index is 167. The number of aliphatic hydroxyl groups is 2. The highest BCUT2D eigenvalue weighted by Crippen LogP contribution is 2.25. The second-order valence-corrected chi connectivity index (χ2v) is 4.82. The van der Waals surface area contributed by atoms with Gasteiger partial charge in [0.1, 0.15) is 0 Å². The molecule has 1 aliphatic rings. The number of aliphatic hydroxyl groups excluding tert-OH is 1. The molecule has 1 rings (SSSR count). The van der Waals surface area contributed by atoms with Gasteiger partial charge in [-0.3, -0.25) is 4.90 Å². The van der Waals surface area contributed by atoms with Gasteiger partial charge in [0.25, 0.3) is 0 Å². The van der Waals surface area contributed by atoms with Crippen molar-refractivity contribution in [2.24, 2.45) is 0 Å². The Morgan fingerprint density at radius 3 is 2.40 bits per heavy atom. The first kappa shape index (κ1) is 12.9. The van der Waals surface area contributed by atoms with Gasteiger partial charge in [-0.1, -0.05) is 26.2 Å². The molecule has 0 atom stereocenters. The van der Waals surface area contributed by atoms with E-state index in [1.165, 1.54) is 12.8 Å². The highest BCUT2D eigenvalue weighted by molar-refractivity contribution is 4.94. The summed E-state index contributed by atoms with van der Waals surface area (Å²) in [5.74, 6) is 0. The fraction of sp³-hybridized carbons (Fsp3) is 1.00. The fourth-order valence-corrected chi connectivity index (χ4v) is 2.37. The van der Waals surface area contributed by atoms with Gasteiger partial charge < -0.3 is 10.2 Å². The van der Waals surface area contributed by atoms with Crippen LogP contribution >= 0.6 is 0 Å². The van der Waals surface area contributed by atoms with E-state index < -0.39 is 0 Å². The molecule has 15 heavy (non-hydrogen) atoms. The van der Waals surface area contributed by atoms with Gasteiger partial charge in [0.15, 0.2) is 0 Å². The van der Waals surface area contributed by atoms with Crippen molar-refractivity contribution in [3.05, 3.63) is 0 Å². The molecule has 1 heterocycles. The van der Waals surface area contributed by atoms with E-state index in [0.717, 1.165) is 45.3 Å². The van der Waals surface area contributed by atoms with E-state index in [4.69, 9.17) is 5.11 Å². The summed E-state index contributed by atoms with van der Waals surface area (Å²) in [5, 5.41) is 18.6. The Labute approximate surface area is 93.1 Å². The van der Waals surface area contributed by atoms with E-state index in [9.17, 15) is 5.11 Å². The maximum absolute atomic E-state index is 9.95. The van der Waals surface area contributed by atoms with Gasteiger partial charge in [0.05, 0.1) is 5.60 Å². The zero-order valence-corrected chi connectivity index (χ0v) is 9.91. The van der Waals surface area contributed by atoms with Crippen LogP contribution in [-0.4, -0.2) is 47.0 Å². The molecule has 0 radical (unpaired) electrons. The number of hydrogen-bond acceptors (Lipinski definition) is 3. The third-order valence-electron chi connectivity index (χ3n) is 3.13. The number of nitrogens with zero attached hydrogens (tertiary/aromatic N) is 1. The second-order valence-electron chi connectivity index (χ2n) is 4.82. The maximum atomic E-state index is 9.95. The summed E-state index contributed by atoms with van der Waals surface area (Å²) in [6, 6.07) is 0. The number of β-amino-alcohol motifs (C(OH)–C–C–N with tert-alkyl or cyclic N) is 1. The Morgan fingerprint density at radius 1 is 1.13 bits per heavy atom. The van der Waals surface area contributed by atoms with Gasteiger partial charge >= 0.3 is 0 Å². The van der Waals surface area contributed by atoms with Crippen LogP contribution in [-0.2, 0) is 0 Å². The van der Waals surface area contributed by atoms with Crippen LogP contribution in [0, 0.1) is 0 Å². The molecule has 0 spiro atoms. The minimum atomic E-state index is -0.375. The molecule has 0 amide bonds. The zero-order chi connectivity index (χ0) is 11.1. The van der Waals surface area contributed by atoms with Crippen molar-refractivity contribution in [3.8, 4) is 0 Å². The standard InChI is InChI=1S/C12H25NO2/c1-2-7-12(15)10-13(11-12)8-5-3-4-6-9-14/h14-15H,2-11H2,1H3. The lowest BCUT2D eigenvalue weighted by atomic mass is 9.89. The van der Waals surface area contributed by atoms with Crippen molar-refractivity contribution in [1.29, 1.82) is 0 Å². The van der Waals surface area contributed by atoms with Crippen LogP contribution in [0.15, 0.2) is 0 Å². The molecule has 3 nitrogen and oxygen atoms in total. The predicted octanol–water partition coefficient (Wildman–Crippen LogP) is 1.39. The molecule has 0 aromatic carbocycles. The lowest BCUT2D eigenvalue weighted by Gasteiger charge is -2.46. The fourth-order valence-electron chi connectivity index (χ4n) is 2.37. The number of rotatable bonds is 8. The first-order chi connectivity index (χ1) is 7.20. The van der Waals surface area contributed by atoms with Crippen molar-refractivity contribution < 1.29 is 10.2 Å². The van der Waals surface area contributed by atoms with E-state index in [0.29, 0.717) is 6.61 Å². The summed E-state index contributed by atoms with van der Waals surface area (Å²) in [4.78, 5) is 2.33. The molecule has 0 aromatic rings. The molecule has 0 unspecified atom stereocenters. The monoisotopic (exact) mass is 215 g/mol. The molecule has 1 aliphatic heterocycles. The van der Waals surface area contributed by atoms with Crippen LogP contribution in [0.2, 0.25) is 0 Å². The van der Waals surface area contributed by atoms with Crippen LogP contribution in [0.5, 0.6) is 0 Å². The lowest BCUT2D eigenvalue weighted by Crippen LogP contribution is -2.61. The topological polar surface area (TPSA) is 43.7 Å². The molecule has 1 saturated heterocycles. The van der Waals surface area contributed by atoms with Crippen LogP contribution < -0.4 is 0 Å². The summed E-state index contributed by atoms with van der Waals surface area (Å²) in [6.07, 6.45) is 6.46. The molecule has 0 aromatic heterocycles. The molecule has 90 valence electrons. The van der Waals surface area contributed by atoms with E-state index in [-0.39, 0.29) is 5.60 Å². The van der Waals surface area contributed by atoms with Gasteiger partial charge in [0, 0.05) is 19.7 Å². The molecule has 0 saturated carbocycles. The third-order valence-corrected chi connectivity index (χ3v) is 3.13. The molecular weight excluding hydrogens is 190 g/mol. The van der Waals surface area contributed by atoms with Gasteiger partial charge in [-0.2, -0.15) is 0 Å². The minimum absolute atomic E-state index is 0.319. The molecular formula is C12H25NO2. The normalized spacial score (nSPS) is 20.2. The number of hydrogen-bond donors (Lipinski definition) is 2. The lowest BCUT2D eigenvalue weighted by molar-refractivity contribution is -0.103. The van der Waals surface area contributed by atoms with Crippen LogP contribution in [0.1, 0.15) is 45.4 Å². The predicted molar refractivity (Wildman–Crippen MR) is 61.9 cm³/mol. The zero-order valence-electron chi connectivity index (χ0n) is 9.91. The van der Waals surface area contributed by atoms with Crippen molar-refractivity contribution >= 4 is 0 Å². The minimum Gasteiger partial charge on any atom is -0.396 e.